The number of anilines is 1. The Balaban J connectivity index is 3.18. The lowest BCUT2D eigenvalue weighted by Crippen LogP contribution is -2.51. The number of nitrogens with one attached hydrogen (secondary N) is 1. The van der Waals surface area contributed by atoms with Gasteiger partial charge in [0.05, 0.1) is 0 Å². The molecule has 1 heterocycles. The molecule has 1 rings (SSSR count). The van der Waals surface area contributed by atoms with Crippen LogP contribution in [0.25, 0.3) is 0 Å². The van der Waals surface area contributed by atoms with E-state index in [1.165, 1.54) is 0 Å². The maximum Gasteiger partial charge on any atom is 0.460 e. The van der Waals surface area contributed by atoms with Gasteiger partial charge in [0.15, 0.2) is 0 Å². The van der Waals surface area contributed by atoms with Crippen molar-refractivity contribution in [2.24, 2.45) is 7.05 Å². The molecule has 20 heavy (non-hydrogen) atoms. The maximum atomic E-state index is 13.4. The van der Waals surface area contributed by atoms with E-state index in [0.29, 0.717) is 6.42 Å². The largest absolute Gasteiger partial charge is 0.460 e. The molecule has 11 heteroatoms. The number of alkyl halides is 7. The molecule has 0 spiro atoms. The second-order valence-corrected chi connectivity index (χ2v) is 3.96. The van der Waals surface area contributed by atoms with E-state index in [1.54, 1.807) is 6.92 Å². The van der Waals surface area contributed by atoms with Gasteiger partial charge >= 0.3 is 18.0 Å². The van der Waals surface area contributed by atoms with Crippen LogP contribution in [-0.4, -0.2) is 33.4 Å². The van der Waals surface area contributed by atoms with Crippen LogP contribution < -0.4 is 5.32 Å². The molecule has 0 radical (unpaired) electrons. The second kappa shape index (κ2) is 5.09. The van der Waals surface area contributed by atoms with Crippen LogP contribution in [0.3, 0.4) is 0 Å². The summed E-state index contributed by atoms with van der Waals surface area (Å²) in [5.41, 5.74) is 0. The summed E-state index contributed by atoms with van der Waals surface area (Å²) in [6.07, 6.45) is -5.85. The van der Waals surface area contributed by atoms with Crippen LogP contribution in [0.4, 0.5) is 36.7 Å². The van der Waals surface area contributed by atoms with Gasteiger partial charge in [-0.2, -0.15) is 35.7 Å². The molecule has 1 aromatic rings. The third kappa shape index (κ3) is 2.66. The highest BCUT2D eigenvalue weighted by atomic mass is 19.4. The minimum absolute atomic E-state index is 0.192. The third-order valence-electron chi connectivity index (χ3n) is 2.33. The van der Waals surface area contributed by atoms with Crippen molar-refractivity contribution in [2.75, 3.05) is 11.9 Å². The highest BCUT2D eigenvalue weighted by Crippen LogP contribution is 2.51. The SMILES string of the molecule is CCCNc1nc(C(F)(F)C(F)(F)C(F)(F)F)n(C)n1. The normalized spacial score (nSPS) is 13.7. The number of aryl methyl sites for hydroxylation is 1. The van der Waals surface area contributed by atoms with Gasteiger partial charge in [-0.1, -0.05) is 6.92 Å². The molecule has 0 bridgehead atoms. The summed E-state index contributed by atoms with van der Waals surface area (Å²) in [6, 6.07) is 0. The molecule has 0 aliphatic rings. The molecule has 0 amide bonds. The van der Waals surface area contributed by atoms with Crippen molar-refractivity contribution in [3.63, 3.8) is 0 Å². The van der Waals surface area contributed by atoms with Crippen molar-refractivity contribution >= 4 is 5.95 Å². The van der Waals surface area contributed by atoms with Crippen LogP contribution in [0.15, 0.2) is 0 Å². The zero-order chi connectivity index (χ0) is 15.8. The van der Waals surface area contributed by atoms with Crippen molar-refractivity contribution in [2.45, 2.75) is 31.4 Å². The molecule has 1 N–H and O–H groups in total. The van der Waals surface area contributed by atoms with E-state index in [4.69, 9.17) is 0 Å². The van der Waals surface area contributed by atoms with Crippen molar-refractivity contribution in [1.82, 2.24) is 14.8 Å². The van der Waals surface area contributed by atoms with Gasteiger partial charge in [0.1, 0.15) is 0 Å². The maximum absolute atomic E-state index is 13.4. The van der Waals surface area contributed by atoms with Crippen LogP contribution >= 0.6 is 0 Å². The van der Waals surface area contributed by atoms with Gasteiger partial charge in [-0.05, 0) is 6.42 Å². The molecule has 0 aromatic carbocycles. The summed E-state index contributed by atoms with van der Waals surface area (Å²) in [5.74, 6) is -14.0. The minimum Gasteiger partial charge on any atom is -0.353 e. The molecule has 0 fully saturated rings. The first-order valence-corrected chi connectivity index (χ1v) is 5.43. The van der Waals surface area contributed by atoms with Crippen molar-refractivity contribution in [1.29, 1.82) is 0 Å². The Kier molecular flexibility index (Phi) is 4.20. The number of rotatable bonds is 5. The second-order valence-electron chi connectivity index (χ2n) is 3.96. The molecule has 1 aromatic heterocycles. The molecule has 0 saturated carbocycles. The van der Waals surface area contributed by atoms with Gasteiger partial charge in [0.25, 0.3) is 0 Å². The van der Waals surface area contributed by atoms with E-state index in [2.05, 4.69) is 15.4 Å². The van der Waals surface area contributed by atoms with Crippen LogP contribution in [0.5, 0.6) is 0 Å². The highest BCUT2D eigenvalue weighted by Gasteiger charge is 2.75. The predicted molar refractivity (Wildman–Crippen MR) is 54.7 cm³/mol. The molecule has 0 unspecified atom stereocenters. The molecule has 0 aliphatic carbocycles. The van der Waals surface area contributed by atoms with Gasteiger partial charge in [-0.3, -0.25) is 0 Å². The number of halogens is 7. The summed E-state index contributed by atoms with van der Waals surface area (Å²) in [4.78, 5) is 3.01. The first-order valence-electron chi connectivity index (χ1n) is 5.43. The van der Waals surface area contributed by atoms with E-state index < -0.39 is 29.8 Å². The predicted octanol–water partition coefficient (Wildman–Crippen LogP) is 2.93. The van der Waals surface area contributed by atoms with Gasteiger partial charge in [-0.15, -0.1) is 5.10 Å². The van der Waals surface area contributed by atoms with Crippen molar-refractivity contribution in [3.05, 3.63) is 5.82 Å². The third-order valence-corrected chi connectivity index (χ3v) is 2.33. The fourth-order valence-corrected chi connectivity index (χ4v) is 1.29. The Bertz CT molecular complexity index is 465. The van der Waals surface area contributed by atoms with Gasteiger partial charge in [-0.25, -0.2) is 4.68 Å². The van der Waals surface area contributed by atoms with E-state index >= 15 is 0 Å². The minimum atomic E-state index is -6.40. The summed E-state index contributed by atoms with van der Waals surface area (Å²) < 4.78 is 88.9. The monoisotopic (exact) mass is 308 g/mol. The van der Waals surface area contributed by atoms with Crippen molar-refractivity contribution in [3.8, 4) is 0 Å². The summed E-state index contributed by atoms with van der Waals surface area (Å²) in [6.45, 7) is 1.98. The van der Waals surface area contributed by atoms with Gasteiger partial charge in [0.2, 0.25) is 11.8 Å². The Hall–Kier alpha value is -1.55. The van der Waals surface area contributed by atoms with Crippen LogP contribution in [0.2, 0.25) is 0 Å². The lowest BCUT2D eigenvalue weighted by Gasteiger charge is -2.26. The van der Waals surface area contributed by atoms with Crippen LogP contribution in [0.1, 0.15) is 19.2 Å². The fourth-order valence-electron chi connectivity index (χ4n) is 1.29. The first kappa shape index (κ1) is 16.5. The Morgan fingerprint density at radius 2 is 1.65 bits per heavy atom. The molecular weight excluding hydrogens is 297 g/mol. The number of nitrogens with zero attached hydrogens (tertiary/aromatic N) is 3. The lowest BCUT2D eigenvalue weighted by atomic mass is 10.1. The van der Waals surface area contributed by atoms with Gasteiger partial charge in [0, 0.05) is 13.6 Å². The Labute approximate surface area is 109 Å². The molecule has 0 saturated heterocycles. The van der Waals surface area contributed by atoms with Gasteiger partial charge < -0.3 is 5.32 Å². The van der Waals surface area contributed by atoms with Crippen LogP contribution in [-0.2, 0) is 13.0 Å². The average molecular weight is 308 g/mol. The first-order chi connectivity index (χ1) is 8.95. The van der Waals surface area contributed by atoms with E-state index in [0.717, 1.165) is 7.05 Å². The zero-order valence-corrected chi connectivity index (χ0v) is 10.4. The molecule has 0 atom stereocenters. The van der Waals surface area contributed by atoms with E-state index in [-0.39, 0.29) is 11.2 Å². The quantitative estimate of drug-likeness (QED) is 0.851. The number of aromatic nitrogens is 3. The molecule has 0 aliphatic heterocycles. The van der Waals surface area contributed by atoms with E-state index in [9.17, 15) is 30.7 Å². The molecule has 116 valence electrons. The standard InChI is InChI=1S/C9H11F7N4/c1-3-4-17-6-18-5(20(2)19-6)7(10,11)8(12,13)9(14,15)16/h3-4H2,1-2H3,(H,17,19). The van der Waals surface area contributed by atoms with E-state index in [1.807, 2.05) is 0 Å². The Morgan fingerprint density at radius 3 is 2.10 bits per heavy atom. The fraction of sp³-hybridized carbons (Fsp3) is 0.778. The van der Waals surface area contributed by atoms with Crippen LogP contribution in [0, 0.1) is 0 Å². The Morgan fingerprint density at radius 1 is 1.10 bits per heavy atom. The summed E-state index contributed by atoms with van der Waals surface area (Å²) in [7, 11) is 0.805. The summed E-state index contributed by atoms with van der Waals surface area (Å²) >= 11 is 0. The molecule has 4 nitrogen and oxygen atoms in total. The highest BCUT2D eigenvalue weighted by molar-refractivity contribution is 5.25. The number of hydrogen-bond acceptors (Lipinski definition) is 3. The topological polar surface area (TPSA) is 42.7 Å². The average Bonchev–Trinajstić information content (AvgIpc) is 2.66. The smallest absolute Gasteiger partial charge is 0.353 e. The zero-order valence-electron chi connectivity index (χ0n) is 10.4. The number of hydrogen-bond donors (Lipinski definition) is 1. The lowest BCUT2D eigenvalue weighted by molar-refractivity contribution is -0.361. The van der Waals surface area contributed by atoms with Crippen molar-refractivity contribution < 1.29 is 30.7 Å². The molecular formula is C9H11F7N4. The summed E-state index contributed by atoms with van der Waals surface area (Å²) in [5, 5.41) is 5.74.